The molecule has 0 heterocycles. The van der Waals surface area contributed by atoms with Crippen molar-refractivity contribution in [2.24, 2.45) is 5.73 Å². The van der Waals surface area contributed by atoms with Gasteiger partial charge in [-0.25, -0.2) is 0 Å². The molecule has 1 aromatic carbocycles. The number of carbonyl (C=O) groups excluding carboxylic acids is 1. The highest BCUT2D eigenvalue weighted by Gasteiger charge is 2.11. The SMILES string of the molecule is Cc1ccc(C(N)=O)c(C(C)O)c1. The van der Waals surface area contributed by atoms with Crippen molar-refractivity contribution < 1.29 is 9.90 Å². The normalized spacial score (nSPS) is 12.5. The molecule has 0 aliphatic carbocycles. The highest BCUT2D eigenvalue weighted by Crippen LogP contribution is 2.18. The van der Waals surface area contributed by atoms with Crippen molar-refractivity contribution in [1.29, 1.82) is 0 Å². The first-order valence-corrected chi connectivity index (χ1v) is 4.11. The molecule has 0 radical (unpaired) electrons. The number of carbonyl (C=O) groups is 1. The summed E-state index contributed by atoms with van der Waals surface area (Å²) in [6, 6.07) is 5.20. The van der Waals surface area contributed by atoms with E-state index >= 15 is 0 Å². The number of primary amides is 1. The van der Waals surface area contributed by atoms with Crippen LogP contribution in [0, 0.1) is 6.92 Å². The molecule has 0 aliphatic heterocycles. The van der Waals surface area contributed by atoms with E-state index in [0.29, 0.717) is 11.1 Å². The Labute approximate surface area is 77.2 Å². The second kappa shape index (κ2) is 3.58. The number of amides is 1. The maximum atomic E-state index is 10.9. The monoisotopic (exact) mass is 179 g/mol. The zero-order chi connectivity index (χ0) is 10.0. The molecule has 70 valence electrons. The zero-order valence-electron chi connectivity index (χ0n) is 7.74. The maximum absolute atomic E-state index is 10.9. The molecule has 3 heteroatoms. The van der Waals surface area contributed by atoms with Gasteiger partial charge in [0.2, 0.25) is 5.91 Å². The minimum Gasteiger partial charge on any atom is -0.389 e. The summed E-state index contributed by atoms with van der Waals surface area (Å²) in [4.78, 5) is 10.9. The van der Waals surface area contributed by atoms with Crippen LogP contribution >= 0.6 is 0 Å². The largest absolute Gasteiger partial charge is 0.389 e. The first kappa shape index (κ1) is 9.74. The van der Waals surface area contributed by atoms with Crippen molar-refractivity contribution >= 4 is 5.91 Å². The number of benzene rings is 1. The third-order valence-corrected chi connectivity index (χ3v) is 1.92. The Morgan fingerprint density at radius 1 is 1.54 bits per heavy atom. The van der Waals surface area contributed by atoms with Gasteiger partial charge in [-0.1, -0.05) is 17.7 Å². The van der Waals surface area contributed by atoms with Crippen LogP contribution in [0.3, 0.4) is 0 Å². The van der Waals surface area contributed by atoms with Gasteiger partial charge >= 0.3 is 0 Å². The summed E-state index contributed by atoms with van der Waals surface area (Å²) >= 11 is 0. The number of aliphatic hydroxyl groups is 1. The second-order valence-corrected chi connectivity index (χ2v) is 3.13. The summed E-state index contributed by atoms with van der Waals surface area (Å²) < 4.78 is 0. The lowest BCUT2D eigenvalue weighted by Crippen LogP contribution is -2.14. The summed E-state index contributed by atoms with van der Waals surface area (Å²) in [6.07, 6.45) is -0.664. The van der Waals surface area contributed by atoms with Gasteiger partial charge in [-0.05, 0) is 25.5 Å². The number of nitrogens with two attached hydrogens (primary N) is 1. The lowest BCUT2D eigenvalue weighted by Gasteiger charge is -2.09. The minimum absolute atomic E-state index is 0.389. The van der Waals surface area contributed by atoms with Gasteiger partial charge in [0.05, 0.1) is 6.10 Å². The van der Waals surface area contributed by atoms with Gasteiger partial charge < -0.3 is 10.8 Å². The summed E-state index contributed by atoms with van der Waals surface area (Å²) in [6.45, 7) is 3.51. The van der Waals surface area contributed by atoms with Crippen LogP contribution in [-0.2, 0) is 0 Å². The quantitative estimate of drug-likeness (QED) is 0.715. The lowest BCUT2D eigenvalue weighted by molar-refractivity contribution is 0.0994. The van der Waals surface area contributed by atoms with Crippen molar-refractivity contribution in [1.82, 2.24) is 0 Å². The fraction of sp³-hybridized carbons (Fsp3) is 0.300. The van der Waals surface area contributed by atoms with Gasteiger partial charge in [0.1, 0.15) is 0 Å². The van der Waals surface area contributed by atoms with Crippen LogP contribution < -0.4 is 5.73 Å². The molecule has 0 spiro atoms. The molecule has 0 saturated carbocycles. The smallest absolute Gasteiger partial charge is 0.249 e. The minimum atomic E-state index is -0.664. The van der Waals surface area contributed by atoms with E-state index in [-0.39, 0.29) is 0 Å². The van der Waals surface area contributed by atoms with Crippen molar-refractivity contribution in [2.45, 2.75) is 20.0 Å². The third-order valence-electron chi connectivity index (χ3n) is 1.92. The molecule has 1 amide bonds. The summed E-state index contributed by atoms with van der Waals surface area (Å²) in [5.41, 5.74) is 7.13. The average molecular weight is 179 g/mol. The molecular weight excluding hydrogens is 166 g/mol. The van der Waals surface area contributed by atoms with Crippen molar-refractivity contribution in [2.75, 3.05) is 0 Å². The van der Waals surface area contributed by atoms with E-state index in [1.165, 1.54) is 0 Å². The Kier molecular flexibility index (Phi) is 2.68. The number of hydrogen-bond acceptors (Lipinski definition) is 2. The van der Waals surface area contributed by atoms with Crippen LogP contribution in [0.15, 0.2) is 18.2 Å². The van der Waals surface area contributed by atoms with Gasteiger partial charge in [0.15, 0.2) is 0 Å². The Morgan fingerprint density at radius 3 is 2.62 bits per heavy atom. The van der Waals surface area contributed by atoms with Crippen LogP contribution in [0.1, 0.15) is 34.5 Å². The molecule has 0 saturated heterocycles. The van der Waals surface area contributed by atoms with E-state index in [1.54, 1.807) is 25.1 Å². The second-order valence-electron chi connectivity index (χ2n) is 3.13. The Bertz CT molecular complexity index is 332. The molecule has 13 heavy (non-hydrogen) atoms. The molecule has 0 aliphatic rings. The lowest BCUT2D eigenvalue weighted by atomic mass is 10.0. The van der Waals surface area contributed by atoms with E-state index in [2.05, 4.69) is 0 Å². The summed E-state index contributed by atoms with van der Waals surface area (Å²) in [5.74, 6) is -0.504. The van der Waals surface area contributed by atoms with E-state index in [4.69, 9.17) is 5.73 Å². The first-order valence-electron chi connectivity index (χ1n) is 4.11. The standard InChI is InChI=1S/C10H13NO2/c1-6-3-4-8(10(11)13)9(5-6)7(2)12/h3-5,7,12H,1-2H3,(H2,11,13). The molecule has 3 nitrogen and oxygen atoms in total. The van der Waals surface area contributed by atoms with Crippen molar-refractivity contribution in [3.8, 4) is 0 Å². The molecule has 1 atom stereocenters. The zero-order valence-corrected chi connectivity index (χ0v) is 7.74. The topological polar surface area (TPSA) is 63.3 Å². The highest BCUT2D eigenvalue weighted by molar-refractivity contribution is 5.94. The molecule has 0 bridgehead atoms. The summed E-state index contributed by atoms with van der Waals surface area (Å²) in [5, 5.41) is 9.37. The molecule has 0 aromatic heterocycles. The van der Waals surface area contributed by atoms with E-state index in [1.807, 2.05) is 6.92 Å². The van der Waals surface area contributed by atoms with Gasteiger partial charge in [-0.3, -0.25) is 4.79 Å². The van der Waals surface area contributed by atoms with Crippen LogP contribution in [0.25, 0.3) is 0 Å². The number of aryl methyl sites for hydroxylation is 1. The van der Waals surface area contributed by atoms with Gasteiger partial charge in [-0.2, -0.15) is 0 Å². The highest BCUT2D eigenvalue weighted by atomic mass is 16.3. The number of rotatable bonds is 2. The average Bonchev–Trinajstić information content (AvgIpc) is 2.03. The third kappa shape index (κ3) is 2.06. The predicted molar refractivity (Wildman–Crippen MR) is 50.3 cm³/mol. The van der Waals surface area contributed by atoms with Crippen LogP contribution in [-0.4, -0.2) is 11.0 Å². The van der Waals surface area contributed by atoms with Crippen molar-refractivity contribution in [3.63, 3.8) is 0 Å². The van der Waals surface area contributed by atoms with Crippen molar-refractivity contribution in [3.05, 3.63) is 34.9 Å². The Morgan fingerprint density at radius 2 is 2.15 bits per heavy atom. The molecule has 1 aromatic rings. The van der Waals surface area contributed by atoms with E-state index < -0.39 is 12.0 Å². The molecule has 1 rings (SSSR count). The van der Waals surface area contributed by atoms with E-state index in [0.717, 1.165) is 5.56 Å². The molecule has 0 fully saturated rings. The van der Waals surface area contributed by atoms with Crippen LogP contribution in [0.5, 0.6) is 0 Å². The Balaban J connectivity index is 3.26. The number of hydrogen-bond donors (Lipinski definition) is 2. The molecular formula is C10H13NO2. The van der Waals surface area contributed by atoms with E-state index in [9.17, 15) is 9.90 Å². The van der Waals surface area contributed by atoms with Crippen LogP contribution in [0.4, 0.5) is 0 Å². The molecule has 1 unspecified atom stereocenters. The maximum Gasteiger partial charge on any atom is 0.249 e. The van der Waals surface area contributed by atoms with Gasteiger partial charge in [-0.15, -0.1) is 0 Å². The van der Waals surface area contributed by atoms with Gasteiger partial charge in [0, 0.05) is 5.56 Å². The van der Waals surface area contributed by atoms with Crippen LogP contribution in [0.2, 0.25) is 0 Å². The predicted octanol–water partition coefficient (Wildman–Crippen LogP) is 1.15. The first-order chi connectivity index (χ1) is 6.02. The van der Waals surface area contributed by atoms with Gasteiger partial charge in [0.25, 0.3) is 0 Å². The fourth-order valence-electron chi connectivity index (χ4n) is 1.25. The summed E-state index contributed by atoms with van der Waals surface area (Å²) in [7, 11) is 0. The fourth-order valence-corrected chi connectivity index (χ4v) is 1.25. The Hall–Kier alpha value is -1.35. The molecule has 3 N–H and O–H groups in total. The number of aliphatic hydroxyl groups excluding tert-OH is 1.